The smallest absolute Gasteiger partial charge is 0.336 e. The molecule has 0 aliphatic heterocycles. The average molecular weight is 244 g/mol. The Hall–Kier alpha value is -1.40. The zero-order valence-electron chi connectivity index (χ0n) is 8.91. The highest BCUT2D eigenvalue weighted by atomic mass is 32.2. The molecule has 0 aromatic heterocycles. The van der Waals surface area contributed by atoms with Crippen LogP contribution in [-0.2, 0) is 23.8 Å². The van der Waals surface area contributed by atoms with Crippen molar-refractivity contribution in [2.45, 2.75) is 17.9 Å². The Labute approximate surface area is 94.1 Å². The molecule has 1 rings (SSSR count). The van der Waals surface area contributed by atoms with Gasteiger partial charge >= 0.3 is 5.97 Å². The van der Waals surface area contributed by atoms with E-state index in [4.69, 9.17) is 0 Å². The molecular formula is C10H12O5S. The van der Waals surface area contributed by atoms with Crippen LogP contribution in [0.2, 0.25) is 0 Å². The minimum atomic E-state index is -3.92. The minimum Gasteiger partial charge on any atom is -0.467 e. The van der Waals surface area contributed by atoms with E-state index in [1.807, 2.05) is 0 Å². The first kappa shape index (κ1) is 12.7. The third kappa shape index (κ3) is 3.04. The second-order valence-electron chi connectivity index (χ2n) is 3.03. The molecule has 1 aromatic carbocycles. The van der Waals surface area contributed by atoms with E-state index in [0.717, 1.165) is 7.11 Å². The average Bonchev–Trinajstić information content (AvgIpc) is 2.28. The SMILES string of the molecule is COC(=O)C(C)OS(=O)(=O)c1ccccc1. The van der Waals surface area contributed by atoms with Gasteiger partial charge in [0.25, 0.3) is 10.1 Å². The van der Waals surface area contributed by atoms with Crippen molar-refractivity contribution in [3.63, 3.8) is 0 Å². The van der Waals surface area contributed by atoms with Gasteiger partial charge in [-0.15, -0.1) is 0 Å². The summed E-state index contributed by atoms with van der Waals surface area (Å²) in [4.78, 5) is 11.0. The van der Waals surface area contributed by atoms with Crippen molar-refractivity contribution in [2.24, 2.45) is 0 Å². The number of methoxy groups -OCH3 is 1. The summed E-state index contributed by atoms with van der Waals surface area (Å²) < 4.78 is 32.3. The van der Waals surface area contributed by atoms with Crippen LogP contribution in [0.3, 0.4) is 0 Å². The Kier molecular flexibility index (Phi) is 4.03. The molecule has 0 aliphatic carbocycles. The maximum Gasteiger partial charge on any atom is 0.336 e. The monoisotopic (exact) mass is 244 g/mol. The molecule has 16 heavy (non-hydrogen) atoms. The molecule has 0 N–H and O–H groups in total. The number of ether oxygens (including phenoxy) is 1. The molecule has 0 radical (unpaired) electrons. The van der Waals surface area contributed by atoms with Gasteiger partial charge in [-0.25, -0.2) is 4.79 Å². The van der Waals surface area contributed by atoms with Gasteiger partial charge < -0.3 is 4.74 Å². The first-order chi connectivity index (χ1) is 7.47. The van der Waals surface area contributed by atoms with E-state index in [2.05, 4.69) is 8.92 Å². The van der Waals surface area contributed by atoms with E-state index < -0.39 is 22.2 Å². The number of rotatable bonds is 4. The van der Waals surface area contributed by atoms with Crippen LogP contribution in [0.5, 0.6) is 0 Å². The van der Waals surface area contributed by atoms with Crippen LogP contribution in [-0.4, -0.2) is 27.6 Å². The van der Waals surface area contributed by atoms with Crippen LogP contribution in [0.1, 0.15) is 6.92 Å². The normalized spacial score (nSPS) is 13.1. The molecule has 0 amide bonds. The lowest BCUT2D eigenvalue weighted by molar-refractivity contribution is -0.147. The Bertz CT molecular complexity index is 451. The molecule has 5 nitrogen and oxygen atoms in total. The van der Waals surface area contributed by atoms with Gasteiger partial charge in [0.05, 0.1) is 12.0 Å². The third-order valence-corrected chi connectivity index (χ3v) is 3.23. The second kappa shape index (κ2) is 5.09. The predicted octanol–water partition coefficient (Wildman–Crippen LogP) is 0.953. The van der Waals surface area contributed by atoms with Crippen LogP contribution in [0.15, 0.2) is 35.2 Å². The molecular weight excluding hydrogens is 232 g/mol. The number of hydrogen-bond acceptors (Lipinski definition) is 5. The molecule has 0 heterocycles. The zero-order valence-corrected chi connectivity index (χ0v) is 9.73. The zero-order chi connectivity index (χ0) is 12.2. The topological polar surface area (TPSA) is 69.7 Å². The summed E-state index contributed by atoms with van der Waals surface area (Å²) in [5.74, 6) is -0.737. The molecule has 0 spiro atoms. The van der Waals surface area contributed by atoms with Crippen molar-refractivity contribution < 1.29 is 22.1 Å². The standard InChI is InChI=1S/C10H12O5S/c1-8(10(11)14-2)15-16(12,13)9-6-4-3-5-7-9/h3-8H,1-2H3. The molecule has 0 aliphatic rings. The van der Waals surface area contributed by atoms with Crippen LogP contribution in [0, 0.1) is 0 Å². The fourth-order valence-corrected chi connectivity index (χ4v) is 2.10. The molecule has 0 saturated carbocycles. The minimum absolute atomic E-state index is 0.00533. The van der Waals surface area contributed by atoms with Crippen LogP contribution in [0.4, 0.5) is 0 Å². The number of carbonyl (C=O) groups excluding carboxylic acids is 1. The Morgan fingerprint density at radius 2 is 1.81 bits per heavy atom. The molecule has 1 aromatic rings. The van der Waals surface area contributed by atoms with Gasteiger partial charge in [-0.1, -0.05) is 18.2 Å². The summed E-state index contributed by atoms with van der Waals surface area (Å²) in [5.41, 5.74) is 0. The van der Waals surface area contributed by atoms with E-state index in [0.29, 0.717) is 0 Å². The number of esters is 1. The van der Waals surface area contributed by atoms with Crippen LogP contribution < -0.4 is 0 Å². The van der Waals surface area contributed by atoms with Gasteiger partial charge in [-0.3, -0.25) is 4.18 Å². The van der Waals surface area contributed by atoms with Gasteiger partial charge in [-0.2, -0.15) is 8.42 Å². The molecule has 0 bridgehead atoms. The predicted molar refractivity (Wildman–Crippen MR) is 56.2 cm³/mol. The van der Waals surface area contributed by atoms with Gasteiger partial charge in [0.2, 0.25) is 0 Å². The fourth-order valence-electron chi connectivity index (χ4n) is 1.04. The molecule has 88 valence electrons. The third-order valence-electron chi connectivity index (χ3n) is 1.84. The van der Waals surface area contributed by atoms with E-state index in [1.54, 1.807) is 18.2 Å². The number of carbonyl (C=O) groups is 1. The maximum absolute atomic E-state index is 11.6. The summed E-state index contributed by atoms with van der Waals surface area (Å²) in [6.45, 7) is 1.31. The van der Waals surface area contributed by atoms with Crippen molar-refractivity contribution in [2.75, 3.05) is 7.11 Å². The van der Waals surface area contributed by atoms with Gasteiger partial charge in [0.15, 0.2) is 6.10 Å². The number of hydrogen-bond donors (Lipinski definition) is 0. The maximum atomic E-state index is 11.6. The molecule has 0 fully saturated rings. The Morgan fingerprint density at radius 1 is 1.25 bits per heavy atom. The van der Waals surface area contributed by atoms with Crippen molar-refractivity contribution >= 4 is 16.1 Å². The van der Waals surface area contributed by atoms with Crippen molar-refractivity contribution in [3.05, 3.63) is 30.3 Å². The van der Waals surface area contributed by atoms with Crippen molar-refractivity contribution in [1.29, 1.82) is 0 Å². The Balaban J connectivity index is 2.85. The molecule has 6 heteroatoms. The molecule has 1 unspecified atom stereocenters. The van der Waals surface area contributed by atoms with E-state index in [1.165, 1.54) is 19.1 Å². The highest BCUT2D eigenvalue weighted by Crippen LogP contribution is 2.13. The summed E-state index contributed by atoms with van der Waals surface area (Å²) >= 11 is 0. The highest BCUT2D eigenvalue weighted by Gasteiger charge is 2.23. The van der Waals surface area contributed by atoms with Gasteiger partial charge in [0.1, 0.15) is 0 Å². The highest BCUT2D eigenvalue weighted by molar-refractivity contribution is 7.86. The lowest BCUT2D eigenvalue weighted by atomic mass is 10.4. The van der Waals surface area contributed by atoms with Crippen LogP contribution >= 0.6 is 0 Å². The summed E-state index contributed by atoms with van der Waals surface area (Å²) in [5, 5.41) is 0. The van der Waals surface area contributed by atoms with Crippen molar-refractivity contribution in [3.8, 4) is 0 Å². The van der Waals surface area contributed by atoms with E-state index in [-0.39, 0.29) is 4.90 Å². The van der Waals surface area contributed by atoms with Gasteiger partial charge in [0, 0.05) is 0 Å². The summed E-state index contributed by atoms with van der Waals surface area (Å²) in [6, 6.07) is 7.60. The summed E-state index contributed by atoms with van der Waals surface area (Å²) in [6.07, 6.45) is -1.16. The first-order valence-corrected chi connectivity index (χ1v) is 5.94. The summed E-state index contributed by atoms with van der Waals surface area (Å²) in [7, 11) is -2.75. The lowest BCUT2D eigenvalue weighted by Crippen LogP contribution is -2.25. The van der Waals surface area contributed by atoms with E-state index in [9.17, 15) is 13.2 Å². The second-order valence-corrected chi connectivity index (χ2v) is 4.60. The van der Waals surface area contributed by atoms with E-state index >= 15 is 0 Å². The van der Waals surface area contributed by atoms with Crippen molar-refractivity contribution in [1.82, 2.24) is 0 Å². The largest absolute Gasteiger partial charge is 0.467 e. The Morgan fingerprint density at radius 3 is 2.31 bits per heavy atom. The first-order valence-electron chi connectivity index (χ1n) is 4.53. The van der Waals surface area contributed by atoms with Gasteiger partial charge in [-0.05, 0) is 19.1 Å². The molecule has 0 saturated heterocycles. The number of benzene rings is 1. The quantitative estimate of drug-likeness (QED) is 0.582. The lowest BCUT2D eigenvalue weighted by Gasteiger charge is -2.10. The molecule has 1 atom stereocenters. The van der Waals surface area contributed by atoms with Crippen LogP contribution in [0.25, 0.3) is 0 Å². The fraction of sp³-hybridized carbons (Fsp3) is 0.300.